The number of rotatable bonds is 3. The summed E-state index contributed by atoms with van der Waals surface area (Å²) >= 11 is 6.38. The molecule has 3 aromatic carbocycles. The van der Waals surface area contributed by atoms with E-state index in [-0.39, 0.29) is 11.7 Å². The smallest absolute Gasteiger partial charge is 0.272 e. The molecule has 154 valence electrons. The molecule has 2 heterocycles. The lowest BCUT2D eigenvalue weighted by molar-refractivity contribution is 0.0725. The van der Waals surface area contributed by atoms with Crippen LogP contribution in [0.15, 0.2) is 78.9 Å². The lowest BCUT2D eigenvalue weighted by Crippen LogP contribution is -2.37. The van der Waals surface area contributed by atoms with Crippen molar-refractivity contribution in [1.29, 1.82) is 0 Å². The summed E-state index contributed by atoms with van der Waals surface area (Å²) in [5.74, 6) is -0.465. The molecule has 31 heavy (non-hydrogen) atoms. The first-order chi connectivity index (χ1) is 15.1. The fourth-order valence-electron chi connectivity index (χ4n) is 3.94. The minimum Gasteiger partial charge on any atom is -0.333 e. The van der Waals surface area contributed by atoms with Gasteiger partial charge in [-0.3, -0.25) is 4.79 Å². The molecule has 5 rings (SSSR count). The number of nitrogens with zero attached hydrogens (tertiary/aromatic N) is 3. The maximum atomic E-state index is 13.6. The summed E-state index contributed by atoms with van der Waals surface area (Å²) in [7, 11) is 0. The number of benzene rings is 3. The molecule has 0 atom stereocenters. The van der Waals surface area contributed by atoms with Crippen LogP contribution in [0.3, 0.4) is 0 Å². The van der Waals surface area contributed by atoms with Crippen LogP contribution < -0.4 is 0 Å². The molecule has 1 aliphatic heterocycles. The molecule has 0 unspecified atom stereocenters. The maximum Gasteiger partial charge on any atom is 0.272 e. The summed E-state index contributed by atoms with van der Waals surface area (Å²) in [5.41, 5.74) is 4.79. The van der Waals surface area contributed by atoms with Crippen molar-refractivity contribution in [2.24, 2.45) is 0 Å². The van der Waals surface area contributed by atoms with Gasteiger partial charge in [0.25, 0.3) is 5.91 Å². The number of carbonyl (C=O) groups excluding carboxylic acids is 1. The molecule has 0 fully saturated rings. The van der Waals surface area contributed by atoms with Gasteiger partial charge in [0, 0.05) is 18.7 Å². The van der Waals surface area contributed by atoms with Crippen LogP contribution >= 0.6 is 11.6 Å². The Hall–Kier alpha value is -3.44. The van der Waals surface area contributed by atoms with Crippen molar-refractivity contribution < 1.29 is 9.18 Å². The predicted molar refractivity (Wildman–Crippen MR) is 119 cm³/mol. The fraction of sp³-hybridized carbons (Fsp3) is 0.120. The third-order valence-corrected chi connectivity index (χ3v) is 5.90. The van der Waals surface area contributed by atoms with Crippen molar-refractivity contribution in [3.63, 3.8) is 0 Å². The van der Waals surface area contributed by atoms with Gasteiger partial charge in [-0.25, -0.2) is 9.07 Å². The van der Waals surface area contributed by atoms with Gasteiger partial charge in [-0.05, 0) is 53.9 Å². The Morgan fingerprint density at radius 1 is 0.935 bits per heavy atom. The molecular formula is C25H19ClFN3O. The Morgan fingerprint density at radius 3 is 2.42 bits per heavy atom. The van der Waals surface area contributed by atoms with Gasteiger partial charge in [0.15, 0.2) is 0 Å². The average molecular weight is 432 g/mol. The van der Waals surface area contributed by atoms with Crippen LogP contribution in [0.5, 0.6) is 0 Å². The number of hydrogen-bond donors (Lipinski definition) is 0. The summed E-state index contributed by atoms with van der Waals surface area (Å²) in [4.78, 5) is 15.4. The van der Waals surface area contributed by atoms with Crippen LogP contribution in [0.1, 0.15) is 21.6 Å². The van der Waals surface area contributed by atoms with Crippen LogP contribution in [0.4, 0.5) is 4.39 Å². The van der Waals surface area contributed by atoms with Gasteiger partial charge in [-0.15, -0.1) is 0 Å². The molecule has 1 amide bonds. The molecule has 0 spiro atoms. The van der Waals surface area contributed by atoms with E-state index in [2.05, 4.69) is 17.2 Å². The molecule has 0 bridgehead atoms. The van der Waals surface area contributed by atoms with Crippen molar-refractivity contribution >= 4 is 17.5 Å². The molecule has 0 aliphatic carbocycles. The second-order valence-corrected chi connectivity index (χ2v) is 7.94. The Morgan fingerprint density at radius 2 is 1.65 bits per heavy atom. The highest BCUT2D eigenvalue weighted by Crippen LogP contribution is 2.29. The summed E-state index contributed by atoms with van der Waals surface area (Å²) in [6, 6.07) is 23.3. The zero-order chi connectivity index (χ0) is 21.4. The Labute approximate surface area is 184 Å². The normalized spacial score (nSPS) is 13.2. The van der Waals surface area contributed by atoms with E-state index in [1.54, 1.807) is 28.9 Å². The summed E-state index contributed by atoms with van der Waals surface area (Å²) in [5, 5.41) is 5.22. The van der Waals surface area contributed by atoms with Crippen molar-refractivity contribution in [2.45, 2.75) is 13.0 Å². The maximum absolute atomic E-state index is 13.6. The summed E-state index contributed by atoms with van der Waals surface area (Å²) in [6.07, 6.45) is 0.809. The van der Waals surface area contributed by atoms with Gasteiger partial charge in [-0.2, -0.15) is 5.10 Å². The predicted octanol–water partition coefficient (Wildman–Crippen LogP) is 5.53. The minimum absolute atomic E-state index is 0.121. The van der Waals surface area contributed by atoms with Crippen molar-refractivity contribution in [3.8, 4) is 16.9 Å². The molecular weight excluding hydrogens is 413 g/mol. The van der Waals surface area contributed by atoms with E-state index in [0.717, 1.165) is 17.5 Å². The number of carbonyl (C=O) groups is 1. The van der Waals surface area contributed by atoms with Gasteiger partial charge in [-0.1, -0.05) is 54.1 Å². The van der Waals surface area contributed by atoms with E-state index < -0.39 is 0 Å². The van der Waals surface area contributed by atoms with Gasteiger partial charge >= 0.3 is 0 Å². The van der Waals surface area contributed by atoms with Gasteiger partial charge < -0.3 is 4.90 Å². The van der Waals surface area contributed by atoms with E-state index in [4.69, 9.17) is 11.6 Å². The van der Waals surface area contributed by atoms with E-state index >= 15 is 0 Å². The number of amides is 1. The Kier molecular flexibility index (Phi) is 5.04. The van der Waals surface area contributed by atoms with Crippen LogP contribution in [0.25, 0.3) is 16.9 Å². The first-order valence-corrected chi connectivity index (χ1v) is 10.4. The summed E-state index contributed by atoms with van der Waals surface area (Å²) < 4.78 is 15.1. The van der Waals surface area contributed by atoms with Crippen molar-refractivity contribution in [3.05, 3.63) is 107 Å². The highest BCUT2D eigenvalue weighted by atomic mass is 35.5. The first kappa shape index (κ1) is 19.5. The van der Waals surface area contributed by atoms with Gasteiger partial charge in [0.05, 0.1) is 16.4 Å². The quantitative estimate of drug-likeness (QED) is 0.427. The monoisotopic (exact) mass is 431 g/mol. The van der Waals surface area contributed by atoms with E-state index in [0.29, 0.717) is 35.2 Å². The highest BCUT2D eigenvalue weighted by molar-refractivity contribution is 6.33. The van der Waals surface area contributed by atoms with Gasteiger partial charge in [0.2, 0.25) is 0 Å². The van der Waals surface area contributed by atoms with Gasteiger partial charge in [0.1, 0.15) is 11.5 Å². The molecule has 6 heteroatoms. The summed E-state index contributed by atoms with van der Waals surface area (Å²) in [6.45, 7) is 1.18. The Balaban J connectivity index is 1.57. The van der Waals surface area contributed by atoms with E-state index in [1.165, 1.54) is 17.7 Å². The van der Waals surface area contributed by atoms with Crippen molar-refractivity contribution in [2.75, 3.05) is 6.54 Å². The largest absolute Gasteiger partial charge is 0.333 e. The molecule has 4 nitrogen and oxygen atoms in total. The van der Waals surface area contributed by atoms with Crippen molar-refractivity contribution in [1.82, 2.24) is 14.7 Å². The van der Waals surface area contributed by atoms with Crippen LogP contribution in [0, 0.1) is 5.82 Å². The first-order valence-electron chi connectivity index (χ1n) is 10.1. The SMILES string of the molecule is O=C(c1cc(-c2ccccc2Cl)nn1-c1ccc(F)cc1)N1CCc2ccccc2C1. The molecule has 4 aromatic rings. The van der Waals surface area contributed by atoms with E-state index in [9.17, 15) is 9.18 Å². The highest BCUT2D eigenvalue weighted by Gasteiger charge is 2.26. The zero-order valence-corrected chi connectivity index (χ0v) is 17.4. The van der Waals surface area contributed by atoms with Crippen LogP contribution in [-0.4, -0.2) is 27.1 Å². The number of fused-ring (bicyclic) bond motifs is 1. The molecule has 0 saturated heterocycles. The standard InChI is InChI=1S/C25H19ClFN3O/c26-22-8-4-3-7-21(22)23-15-24(30(28-23)20-11-9-19(27)10-12-20)25(31)29-14-13-17-5-1-2-6-18(17)16-29/h1-12,15H,13-14,16H2. The number of halogens is 2. The topological polar surface area (TPSA) is 38.1 Å². The number of aromatic nitrogens is 2. The Bertz CT molecular complexity index is 1270. The molecule has 1 aromatic heterocycles. The molecule has 0 radical (unpaired) electrons. The second kappa shape index (κ2) is 8.00. The lowest BCUT2D eigenvalue weighted by Gasteiger charge is -2.29. The zero-order valence-electron chi connectivity index (χ0n) is 16.6. The number of hydrogen-bond acceptors (Lipinski definition) is 2. The average Bonchev–Trinajstić information content (AvgIpc) is 3.24. The third-order valence-electron chi connectivity index (χ3n) is 5.57. The second-order valence-electron chi connectivity index (χ2n) is 7.53. The lowest BCUT2D eigenvalue weighted by atomic mass is 9.99. The molecule has 0 N–H and O–H groups in total. The van der Waals surface area contributed by atoms with Crippen LogP contribution in [-0.2, 0) is 13.0 Å². The minimum atomic E-state index is -0.345. The van der Waals surface area contributed by atoms with Crippen LogP contribution in [0.2, 0.25) is 5.02 Å². The van der Waals surface area contributed by atoms with E-state index in [1.807, 2.05) is 35.2 Å². The third kappa shape index (κ3) is 3.73. The molecule has 1 aliphatic rings. The fourth-order valence-corrected chi connectivity index (χ4v) is 4.18. The molecule has 0 saturated carbocycles.